The molecule has 14 rings (SSSR count). The number of aromatic nitrogens is 7. The molecule has 7 nitrogen and oxygen atoms in total. The highest BCUT2D eigenvalue weighted by molar-refractivity contribution is 6.13. The molecule has 7 heteroatoms. The molecule has 6 aromatic heterocycles. The minimum atomic E-state index is 0.677. The van der Waals surface area contributed by atoms with Crippen molar-refractivity contribution in [3.05, 3.63) is 237 Å². The molecule has 0 saturated heterocycles. The average molecular weight is 882 g/mol. The van der Waals surface area contributed by atoms with E-state index in [1.807, 2.05) is 48.9 Å². The molecule has 0 N–H and O–H groups in total. The monoisotopic (exact) mass is 881 g/mol. The molecule has 322 valence electrons. The van der Waals surface area contributed by atoms with Gasteiger partial charge in [-0.1, -0.05) is 133 Å². The molecule has 0 aliphatic heterocycles. The summed E-state index contributed by atoms with van der Waals surface area (Å²) in [4.78, 5) is 20.1. The third-order valence-corrected chi connectivity index (χ3v) is 13.6. The van der Waals surface area contributed by atoms with Crippen molar-refractivity contribution in [1.29, 1.82) is 0 Å². The van der Waals surface area contributed by atoms with E-state index in [4.69, 9.17) is 19.9 Å². The maximum Gasteiger partial charge on any atom is 0.162 e. The van der Waals surface area contributed by atoms with Crippen LogP contribution >= 0.6 is 0 Å². The Bertz CT molecular complexity index is 4240. The summed E-state index contributed by atoms with van der Waals surface area (Å²) in [7, 11) is 0. The molecule has 6 heterocycles. The summed E-state index contributed by atoms with van der Waals surface area (Å²) in [5.41, 5.74) is 16.9. The lowest BCUT2D eigenvalue weighted by Gasteiger charge is -2.13. The van der Waals surface area contributed by atoms with E-state index in [9.17, 15) is 0 Å². The fraction of sp³-hybridized carbons (Fsp3) is 0. The highest BCUT2D eigenvalue weighted by Crippen LogP contribution is 2.40. The van der Waals surface area contributed by atoms with Gasteiger partial charge in [0, 0.05) is 85.2 Å². The lowest BCUT2D eigenvalue weighted by molar-refractivity contribution is 1.05. The normalized spacial score (nSPS) is 11.8. The van der Waals surface area contributed by atoms with Gasteiger partial charge in [0.1, 0.15) is 5.82 Å². The Morgan fingerprint density at radius 3 is 1.67 bits per heavy atom. The SMILES string of the molecule is c1ccc(-c2cc(-n3c4ccccc4c4ccc(-c5cncc(-c6ccc7c(c6)c6ccccc6n7-c6ccc7c(c6)c6ncccc6n7-c6ccccc6)c5)cc43)nc(-c3ccccc3)n2)cc1. The van der Waals surface area contributed by atoms with E-state index >= 15 is 0 Å². The van der Waals surface area contributed by atoms with Gasteiger partial charge in [-0.25, -0.2) is 9.97 Å². The van der Waals surface area contributed by atoms with Crippen LogP contribution in [-0.4, -0.2) is 33.6 Å². The summed E-state index contributed by atoms with van der Waals surface area (Å²) >= 11 is 0. The molecule has 0 unspecified atom stereocenters. The zero-order valence-corrected chi connectivity index (χ0v) is 37.1. The third kappa shape index (κ3) is 6.29. The van der Waals surface area contributed by atoms with Crippen LogP contribution in [0, 0.1) is 0 Å². The molecular formula is C62H39N7. The zero-order chi connectivity index (χ0) is 45.4. The first kappa shape index (κ1) is 38.8. The van der Waals surface area contributed by atoms with E-state index in [-0.39, 0.29) is 0 Å². The van der Waals surface area contributed by atoms with Crippen molar-refractivity contribution in [2.75, 3.05) is 0 Å². The highest BCUT2D eigenvalue weighted by atomic mass is 15.1. The predicted octanol–water partition coefficient (Wildman–Crippen LogP) is 15.2. The molecular weight excluding hydrogens is 843 g/mol. The number of rotatable bonds is 7. The Kier molecular flexibility index (Phi) is 8.75. The van der Waals surface area contributed by atoms with Crippen molar-refractivity contribution in [1.82, 2.24) is 33.6 Å². The van der Waals surface area contributed by atoms with Crippen LogP contribution in [0.2, 0.25) is 0 Å². The first-order chi connectivity index (χ1) is 34.2. The number of benzene rings is 8. The topological polar surface area (TPSA) is 66.3 Å². The van der Waals surface area contributed by atoms with E-state index in [2.05, 4.69) is 202 Å². The standard InChI is InChI=1S/C62H39N7/c1-4-15-40(16-5-1)53-37-60(66-62(65-53)41-17-6-2-7-18-41)69-55-24-13-10-21-48(55)50-29-26-43(35-59(50)69)45-33-44(38-63-39-45)42-27-30-56-51(34-42)49-22-11-12-23-54(49)68(56)47-28-31-57-52(36-47)61-58(25-14-32-64-61)67(57)46-19-8-3-9-20-46/h1-39H. The largest absolute Gasteiger partial charge is 0.309 e. The molecule has 69 heavy (non-hydrogen) atoms. The van der Waals surface area contributed by atoms with Gasteiger partial charge in [-0.3, -0.25) is 14.5 Å². The van der Waals surface area contributed by atoms with Crippen molar-refractivity contribution in [3.63, 3.8) is 0 Å². The second kappa shape index (κ2) is 15.6. The van der Waals surface area contributed by atoms with Gasteiger partial charge in [0.05, 0.1) is 44.3 Å². The summed E-state index contributed by atoms with van der Waals surface area (Å²) in [5, 5.41) is 5.80. The van der Waals surface area contributed by atoms with E-state index in [0.717, 1.165) is 111 Å². The molecule has 0 amide bonds. The fourth-order valence-electron chi connectivity index (χ4n) is 10.4. The number of hydrogen-bond donors (Lipinski definition) is 0. The zero-order valence-electron chi connectivity index (χ0n) is 37.1. The Balaban J connectivity index is 0.889. The van der Waals surface area contributed by atoms with E-state index in [1.54, 1.807) is 0 Å². The van der Waals surface area contributed by atoms with Crippen molar-refractivity contribution in [2.24, 2.45) is 0 Å². The van der Waals surface area contributed by atoms with Crippen molar-refractivity contribution >= 4 is 65.5 Å². The van der Waals surface area contributed by atoms with E-state index in [1.165, 1.54) is 10.8 Å². The smallest absolute Gasteiger partial charge is 0.162 e. The number of hydrogen-bond acceptors (Lipinski definition) is 4. The summed E-state index contributed by atoms with van der Waals surface area (Å²) in [6, 6.07) is 77.2. The quantitative estimate of drug-likeness (QED) is 0.160. The van der Waals surface area contributed by atoms with Gasteiger partial charge < -0.3 is 9.13 Å². The Morgan fingerprint density at radius 2 is 0.884 bits per heavy atom. The first-order valence-corrected chi connectivity index (χ1v) is 23.2. The summed E-state index contributed by atoms with van der Waals surface area (Å²) in [6.07, 6.45) is 5.82. The van der Waals surface area contributed by atoms with Gasteiger partial charge in [0.15, 0.2) is 5.82 Å². The summed E-state index contributed by atoms with van der Waals surface area (Å²) in [6.45, 7) is 0. The number of nitrogens with zero attached hydrogens (tertiary/aromatic N) is 7. The Morgan fingerprint density at radius 1 is 0.304 bits per heavy atom. The van der Waals surface area contributed by atoms with Crippen molar-refractivity contribution in [3.8, 4) is 62.1 Å². The molecule has 0 fully saturated rings. The maximum absolute atomic E-state index is 5.27. The third-order valence-electron chi connectivity index (χ3n) is 13.6. The lowest BCUT2D eigenvalue weighted by atomic mass is 9.99. The van der Waals surface area contributed by atoms with Crippen LogP contribution in [-0.2, 0) is 0 Å². The highest BCUT2D eigenvalue weighted by Gasteiger charge is 2.20. The summed E-state index contributed by atoms with van der Waals surface area (Å²) < 4.78 is 6.97. The maximum atomic E-state index is 5.27. The molecule has 0 bridgehead atoms. The minimum Gasteiger partial charge on any atom is -0.309 e. The summed E-state index contributed by atoms with van der Waals surface area (Å²) in [5.74, 6) is 1.48. The van der Waals surface area contributed by atoms with E-state index in [0.29, 0.717) is 5.82 Å². The van der Waals surface area contributed by atoms with Crippen LogP contribution in [0.5, 0.6) is 0 Å². The van der Waals surface area contributed by atoms with Crippen LogP contribution in [0.25, 0.3) is 128 Å². The van der Waals surface area contributed by atoms with E-state index < -0.39 is 0 Å². The number of fused-ring (bicyclic) bond motifs is 9. The van der Waals surface area contributed by atoms with Crippen LogP contribution in [0.1, 0.15) is 0 Å². The van der Waals surface area contributed by atoms with Crippen molar-refractivity contribution in [2.45, 2.75) is 0 Å². The second-order valence-corrected chi connectivity index (χ2v) is 17.5. The molecule has 0 radical (unpaired) electrons. The van der Waals surface area contributed by atoms with Gasteiger partial charge in [-0.05, 0) is 90.0 Å². The minimum absolute atomic E-state index is 0.677. The van der Waals surface area contributed by atoms with Crippen LogP contribution in [0.15, 0.2) is 237 Å². The molecule has 0 aliphatic carbocycles. The average Bonchev–Trinajstić information content (AvgIpc) is 4.06. The van der Waals surface area contributed by atoms with Gasteiger partial charge >= 0.3 is 0 Å². The molecule has 0 atom stereocenters. The Labute approximate surface area is 396 Å². The van der Waals surface area contributed by atoms with Gasteiger partial charge in [-0.2, -0.15) is 0 Å². The van der Waals surface area contributed by atoms with Gasteiger partial charge in [-0.15, -0.1) is 0 Å². The van der Waals surface area contributed by atoms with Crippen LogP contribution in [0.4, 0.5) is 0 Å². The van der Waals surface area contributed by atoms with Crippen molar-refractivity contribution < 1.29 is 0 Å². The lowest BCUT2D eigenvalue weighted by Crippen LogP contribution is -2.02. The number of pyridine rings is 2. The second-order valence-electron chi connectivity index (χ2n) is 17.5. The van der Waals surface area contributed by atoms with Crippen LogP contribution in [0.3, 0.4) is 0 Å². The Hall–Kier alpha value is -9.46. The molecule has 0 saturated carbocycles. The fourth-order valence-corrected chi connectivity index (χ4v) is 10.4. The first-order valence-electron chi connectivity index (χ1n) is 23.2. The predicted molar refractivity (Wildman–Crippen MR) is 282 cm³/mol. The number of para-hydroxylation sites is 3. The molecule has 8 aromatic carbocycles. The van der Waals surface area contributed by atoms with Gasteiger partial charge in [0.2, 0.25) is 0 Å². The molecule has 14 aromatic rings. The van der Waals surface area contributed by atoms with Crippen LogP contribution < -0.4 is 0 Å². The molecule has 0 spiro atoms. The molecule has 0 aliphatic rings. The van der Waals surface area contributed by atoms with Gasteiger partial charge in [0.25, 0.3) is 0 Å².